The van der Waals surface area contributed by atoms with Crippen molar-refractivity contribution in [1.29, 1.82) is 0 Å². The van der Waals surface area contributed by atoms with Gasteiger partial charge in [-0.3, -0.25) is 31.9 Å². The molecule has 6 rings (SSSR count). The van der Waals surface area contributed by atoms with Crippen molar-refractivity contribution in [3.8, 4) is 0 Å². The number of nitrogens with one attached hydrogen (secondary N) is 6. The zero-order valence-corrected chi connectivity index (χ0v) is 54.6. The standard InChI is InChI=1S/C72H80N6O18/c1-11-72(42-91-66(82)73-57-24-12-51(13-25-57)36-54-18-30-60(31-19-54)76-69(85)94-48(8)39-88-63(79)45(2)3,43-92-67(83)74-58-26-14-52(15-27-58)37-55-20-32-61(33-21-55)77-70(86)95-49(9)40-89-64(80)46(4)5)44-93-68(84)75-59-28-16-53(17-29-59)38-56-22-34-62(35-23-56)78-71(87)96-50(10)41-90-65(81)47(6)7/h12-35,48-50H,2,4,6,11,36-44H2,1,3,5,7-10H3,(H,73,82)(H,74,83)(H,75,84)(H,76,85)(H,77,86)(H,78,87). The van der Waals surface area contributed by atoms with Gasteiger partial charge in [-0.25, -0.2) is 43.2 Å². The molecule has 0 saturated carbocycles. The van der Waals surface area contributed by atoms with Gasteiger partial charge < -0.3 is 42.6 Å². The quantitative estimate of drug-likeness (QED) is 0.0134. The second-order valence-corrected chi connectivity index (χ2v) is 22.8. The lowest BCUT2D eigenvalue weighted by atomic mass is 9.88. The Hall–Kier alpha value is -11.4. The van der Waals surface area contributed by atoms with E-state index in [1.807, 2.05) is 72.8 Å². The fourth-order valence-electron chi connectivity index (χ4n) is 8.53. The maximum Gasteiger partial charge on any atom is 0.412 e. The van der Waals surface area contributed by atoms with Crippen LogP contribution in [-0.4, -0.2) is 112 Å². The molecular weight excluding hydrogens is 1240 g/mol. The van der Waals surface area contributed by atoms with E-state index in [-0.39, 0.29) is 62.8 Å². The molecule has 0 aliphatic rings. The number of carbonyl (C=O) groups excluding carboxylic acids is 9. The minimum absolute atomic E-state index is 0.122. The summed E-state index contributed by atoms with van der Waals surface area (Å²) in [6.07, 6.45) is -4.89. The summed E-state index contributed by atoms with van der Waals surface area (Å²) < 4.78 is 48.1. The first-order valence-electron chi connectivity index (χ1n) is 30.6. The van der Waals surface area contributed by atoms with Crippen LogP contribution in [0.1, 0.15) is 88.3 Å². The van der Waals surface area contributed by atoms with Crippen LogP contribution in [0.2, 0.25) is 0 Å². The highest BCUT2D eigenvalue weighted by atomic mass is 16.6. The molecule has 0 aliphatic carbocycles. The molecule has 0 fully saturated rings. The summed E-state index contributed by atoms with van der Waals surface area (Å²) in [4.78, 5) is 112. The average Bonchev–Trinajstić information content (AvgIpc) is 1.67. The van der Waals surface area contributed by atoms with Gasteiger partial charge >= 0.3 is 54.5 Å². The van der Waals surface area contributed by atoms with Crippen LogP contribution in [0.3, 0.4) is 0 Å². The molecule has 0 saturated heterocycles. The third-order valence-electron chi connectivity index (χ3n) is 14.0. The topological polar surface area (TPSA) is 309 Å². The predicted molar refractivity (Wildman–Crippen MR) is 361 cm³/mol. The van der Waals surface area contributed by atoms with Gasteiger partial charge in [-0.2, -0.15) is 0 Å². The van der Waals surface area contributed by atoms with Crippen LogP contribution in [-0.2, 0) is 76.3 Å². The SMILES string of the molecule is C=C(C)C(=O)OCC(C)OC(=O)Nc1ccc(Cc2ccc(NC(=O)OCC(CC)(COC(=O)Nc3ccc(Cc4ccc(NC(=O)OC(C)COC(=O)C(=C)C)cc4)cc3)COC(=O)Nc3ccc(Cc4ccc(NC(=O)OC(C)COC(=O)C(=C)C)cc4)cc3)cc2)cc1. The smallest absolute Gasteiger partial charge is 0.412 e. The van der Waals surface area contributed by atoms with E-state index in [1.54, 1.807) is 100 Å². The number of benzene rings is 6. The summed E-state index contributed by atoms with van der Waals surface area (Å²) in [5.41, 5.74) is 7.75. The van der Waals surface area contributed by atoms with E-state index in [9.17, 15) is 43.2 Å². The lowest BCUT2D eigenvalue weighted by molar-refractivity contribution is -0.142. The molecule has 6 N–H and O–H groups in total. The Balaban J connectivity index is 1.02. The first-order valence-corrected chi connectivity index (χ1v) is 30.6. The fourth-order valence-corrected chi connectivity index (χ4v) is 8.53. The molecule has 24 heteroatoms. The summed E-state index contributed by atoms with van der Waals surface area (Å²) in [5.74, 6) is -1.74. The molecule has 6 aromatic rings. The van der Waals surface area contributed by atoms with Gasteiger partial charge in [-0.1, -0.05) is 99.5 Å². The normalized spacial score (nSPS) is 12.2. The molecule has 3 atom stereocenters. The van der Waals surface area contributed by atoms with Gasteiger partial charge in [0.25, 0.3) is 0 Å². The van der Waals surface area contributed by atoms with Crippen LogP contribution in [0.15, 0.2) is 182 Å². The van der Waals surface area contributed by atoms with Crippen molar-refractivity contribution in [2.24, 2.45) is 5.41 Å². The van der Waals surface area contributed by atoms with Gasteiger partial charge in [-0.15, -0.1) is 0 Å². The number of hydrogen-bond acceptors (Lipinski definition) is 18. The van der Waals surface area contributed by atoms with E-state index in [1.165, 1.54) is 20.8 Å². The van der Waals surface area contributed by atoms with Gasteiger partial charge in [0, 0.05) is 50.8 Å². The van der Waals surface area contributed by atoms with Crippen molar-refractivity contribution in [3.05, 3.63) is 215 Å². The number of amides is 6. The number of anilines is 6. The Bertz CT molecular complexity index is 3310. The molecular formula is C72H80N6O18. The fraction of sp³-hybridized carbons (Fsp3) is 0.292. The molecule has 0 heterocycles. The third-order valence-corrected chi connectivity index (χ3v) is 14.0. The highest BCUT2D eigenvalue weighted by Crippen LogP contribution is 2.27. The van der Waals surface area contributed by atoms with Crippen molar-refractivity contribution in [2.75, 3.05) is 71.5 Å². The molecule has 506 valence electrons. The predicted octanol–water partition coefficient (Wildman–Crippen LogP) is 14.1. The highest BCUT2D eigenvalue weighted by molar-refractivity contribution is 5.90. The Morgan fingerprint density at radius 3 is 0.688 bits per heavy atom. The van der Waals surface area contributed by atoms with Crippen molar-refractivity contribution in [1.82, 2.24) is 0 Å². The zero-order chi connectivity index (χ0) is 69.7. The van der Waals surface area contributed by atoms with Gasteiger partial charge in [0.15, 0.2) is 0 Å². The molecule has 6 amide bonds. The summed E-state index contributed by atoms with van der Waals surface area (Å²) in [5, 5.41) is 16.1. The third kappa shape index (κ3) is 26.3. The molecule has 0 bridgehead atoms. The first kappa shape index (κ1) is 73.6. The molecule has 0 aliphatic heterocycles. The summed E-state index contributed by atoms with van der Waals surface area (Å²) in [6.45, 7) is 20.3. The lowest BCUT2D eigenvalue weighted by Crippen LogP contribution is -2.40. The van der Waals surface area contributed by atoms with Crippen molar-refractivity contribution in [3.63, 3.8) is 0 Å². The van der Waals surface area contributed by atoms with Gasteiger partial charge in [0.1, 0.15) is 58.0 Å². The van der Waals surface area contributed by atoms with Crippen LogP contribution in [0.4, 0.5) is 62.9 Å². The van der Waals surface area contributed by atoms with E-state index in [2.05, 4.69) is 51.6 Å². The Morgan fingerprint density at radius 1 is 0.323 bits per heavy atom. The van der Waals surface area contributed by atoms with Crippen molar-refractivity contribution < 1.29 is 85.8 Å². The van der Waals surface area contributed by atoms with Crippen LogP contribution in [0.5, 0.6) is 0 Å². The molecule has 0 spiro atoms. The van der Waals surface area contributed by atoms with Crippen LogP contribution >= 0.6 is 0 Å². The number of ether oxygens (including phenoxy) is 9. The minimum atomic E-state index is -1.23. The molecule has 0 aromatic heterocycles. The number of carbonyl (C=O) groups is 9. The lowest BCUT2D eigenvalue weighted by Gasteiger charge is -2.31. The van der Waals surface area contributed by atoms with Gasteiger partial charge in [-0.05, 0) is 173 Å². The average molecular weight is 1320 g/mol. The largest absolute Gasteiger partial charge is 0.458 e. The minimum Gasteiger partial charge on any atom is -0.458 e. The number of rotatable bonds is 31. The summed E-state index contributed by atoms with van der Waals surface area (Å²) in [6, 6.07) is 42.6. The second kappa shape index (κ2) is 36.7. The van der Waals surface area contributed by atoms with E-state index in [4.69, 9.17) is 42.6 Å². The van der Waals surface area contributed by atoms with E-state index in [0.717, 1.165) is 33.4 Å². The van der Waals surface area contributed by atoms with Crippen LogP contribution in [0.25, 0.3) is 0 Å². The van der Waals surface area contributed by atoms with Crippen LogP contribution < -0.4 is 31.9 Å². The van der Waals surface area contributed by atoms with Crippen molar-refractivity contribution in [2.45, 2.75) is 92.5 Å². The van der Waals surface area contributed by atoms with Gasteiger partial charge in [0.2, 0.25) is 0 Å². The highest BCUT2D eigenvalue weighted by Gasteiger charge is 2.35. The molecule has 3 unspecified atom stereocenters. The monoisotopic (exact) mass is 1320 g/mol. The van der Waals surface area contributed by atoms with E-state index >= 15 is 0 Å². The molecule has 96 heavy (non-hydrogen) atoms. The zero-order valence-electron chi connectivity index (χ0n) is 54.6. The maximum atomic E-state index is 13.4. The Morgan fingerprint density at radius 2 is 0.510 bits per heavy atom. The maximum absolute atomic E-state index is 13.4. The van der Waals surface area contributed by atoms with Gasteiger partial charge in [0.05, 0.1) is 5.41 Å². The Labute approximate surface area is 557 Å². The molecule has 6 aromatic carbocycles. The van der Waals surface area contributed by atoms with Crippen LogP contribution in [0, 0.1) is 5.41 Å². The Kier molecular flexibility index (Phi) is 28.2. The number of hydrogen-bond donors (Lipinski definition) is 6. The summed E-state index contributed by atoms with van der Waals surface area (Å²) in [7, 11) is 0. The molecule has 0 radical (unpaired) electrons. The van der Waals surface area contributed by atoms with E-state index in [0.29, 0.717) is 53.4 Å². The van der Waals surface area contributed by atoms with E-state index < -0.39 is 78.2 Å². The number of esters is 3. The first-order chi connectivity index (χ1) is 45.8. The second-order valence-electron chi connectivity index (χ2n) is 22.8. The van der Waals surface area contributed by atoms with Crippen molar-refractivity contribution >= 4 is 88.6 Å². The molecule has 24 nitrogen and oxygen atoms in total. The summed E-state index contributed by atoms with van der Waals surface area (Å²) >= 11 is 0.